The molecule has 0 saturated heterocycles. The molecule has 0 aliphatic heterocycles. The van der Waals surface area contributed by atoms with Gasteiger partial charge in [0.1, 0.15) is 15.5 Å². The highest BCUT2D eigenvalue weighted by atomic mass is 32.2. The highest BCUT2D eigenvalue weighted by Gasteiger charge is 2.43. The second kappa shape index (κ2) is 6.99. The van der Waals surface area contributed by atoms with Gasteiger partial charge in [0.05, 0.1) is 11.9 Å². The van der Waals surface area contributed by atoms with Gasteiger partial charge in [0, 0.05) is 13.4 Å². The zero-order valence-corrected chi connectivity index (χ0v) is 12.7. The van der Waals surface area contributed by atoms with E-state index >= 15 is 4.39 Å². The molecule has 2 N–H and O–H groups in total. The number of rotatable bonds is 7. The molecule has 0 spiro atoms. The Bertz CT molecular complexity index is 374. The molecule has 114 valence electrons. The minimum absolute atomic E-state index is 0.0220. The smallest absolute Gasteiger partial charge is 0.150 e. The van der Waals surface area contributed by atoms with E-state index in [0.717, 1.165) is 12.8 Å². The average molecular weight is 295 g/mol. The lowest BCUT2D eigenvalue weighted by atomic mass is 9.76. The first-order valence-corrected chi connectivity index (χ1v) is 8.85. The van der Waals surface area contributed by atoms with Gasteiger partial charge in [0.2, 0.25) is 0 Å². The summed E-state index contributed by atoms with van der Waals surface area (Å²) in [6.45, 7) is 0.464. The lowest BCUT2D eigenvalue weighted by Gasteiger charge is -2.38. The van der Waals surface area contributed by atoms with Gasteiger partial charge in [-0.2, -0.15) is 0 Å². The van der Waals surface area contributed by atoms with Gasteiger partial charge >= 0.3 is 0 Å². The largest absolute Gasteiger partial charge is 0.381 e. The minimum atomic E-state index is -3.09. The molecule has 3 atom stereocenters. The van der Waals surface area contributed by atoms with Crippen molar-refractivity contribution >= 4 is 9.84 Å². The molecule has 1 fully saturated rings. The maximum Gasteiger partial charge on any atom is 0.150 e. The van der Waals surface area contributed by atoms with Crippen LogP contribution >= 0.6 is 0 Å². The predicted octanol–water partition coefficient (Wildman–Crippen LogP) is 1.68. The third-order valence-corrected chi connectivity index (χ3v) is 5.78. The van der Waals surface area contributed by atoms with E-state index in [-0.39, 0.29) is 12.5 Å². The van der Waals surface area contributed by atoms with Gasteiger partial charge in [-0.25, -0.2) is 12.8 Å². The molecule has 19 heavy (non-hydrogen) atoms. The van der Waals surface area contributed by atoms with E-state index in [1.165, 1.54) is 13.4 Å². The summed E-state index contributed by atoms with van der Waals surface area (Å²) in [6, 6.07) is 0. The van der Waals surface area contributed by atoms with Gasteiger partial charge in [-0.05, 0) is 44.6 Å². The quantitative estimate of drug-likeness (QED) is 0.776. The highest BCUT2D eigenvalue weighted by Crippen LogP contribution is 2.40. The molecule has 0 aromatic heterocycles. The van der Waals surface area contributed by atoms with Gasteiger partial charge in [-0.1, -0.05) is 6.42 Å². The van der Waals surface area contributed by atoms with Gasteiger partial charge in [-0.3, -0.25) is 0 Å². The van der Waals surface area contributed by atoms with Crippen molar-refractivity contribution < 1.29 is 17.5 Å². The number of ether oxygens (including phenoxy) is 1. The van der Waals surface area contributed by atoms with E-state index in [1.807, 2.05) is 0 Å². The Hall–Kier alpha value is -0.200. The summed E-state index contributed by atoms with van der Waals surface area (Å²) in [5, 5.41) is -0.406. The Morgan fingerprint density at radius 3 is 2.63 bits per heavy atom. The molecule has 1 aliphatic rings. The number of hydrogen-bond donors (Lipinski definition) is 1. The van der Waals surface area contributed by atoms with Crippen molar-refractivity contribution in [3.05, 3.63) is 0 Å². The van der Waals surface area contributed by atoms with Gasteiger partial charge in [0.25, 0.3) is 0 Å². The number of alkyl halides is 1. The topological polar surface area (TPSA) is 69.4 Å². The third kappa shape index (κ3) is 4.68. The number of hydrogen-bond acceptors (Lipinski definition) is 4. The van der Waals surface area contributed by atoms with Crippen LogP contribution < -0.4 is 5.73 Å². The molecule has 1 saturated carbocycles. The predicted molar refractivity (Wildman–Crippen MR) is 74.6 cm³/mol. The van der Waals surface area contributed by atoms with Crippen molar-refractivity contribution in [2.45, 2.75) is 49.4 Å². The van der Waals surface area contributed by atoms with Crippen LogP contribution in [0.25, 0.3) is 0 Å². The first-order valence-electron chi connectivity index (χ1n) is 6.90. The fourth-order valence-corrected chi connectivity index (χ4v) is 4.21. The molecule has 0 aromatic carbocycles. The van der Waals surface area contributed by atoms with Gasteiger partial charge in [0.15, 0.2) is 0 Å². The van der Waals surface area contributed by atoms with Crippen LogP contribution in [0.5, 0.6) is 0 Å². The Kier molecular flexibility index (Phi) is 6.20. The zero-order valence-electron chi connectivity index (χ0n) is 11.9. The SMILES string of the molecule is COCC(F)(CCCN)C1CCCC(S(C)(=O)=O)C1. The van der Waals surface area contributed by atoms with Crippen LogP contribution in [0.1, 0.15) is 38.5 Å². The van der Waals surface area contributed by atoms with Gasteiger partial charge in [-0.15, -0.1) is 0 Å². The van der Waals surface area contributed by atoms with E-state index < -0.39 is 20.8 Å². The van der Waals surface area contributed by atoms with E-state index in [9.17, 15) is 8.42 Å². The van der Waals surface area contributed by atoms with Crippen LogP contribution in [0, 0.1) is 5.92 Å². The van der Waals surface area contributed by atoms with Crippen molar-refractivity contribution in [1.29, 1.82) is 0 Å². The highest BCUT2D eigenvalue weighted by molar-refractivity contribution is 7.91. The van der Waals surface area contributed by atoms with Gasteiger partial charge < -0.3 is 10.5 Å². The molecule has 4 nitrogen and oxygen atoms in total. The number of methoxy groups -OCH3 is 1. The van der Waals surface area contributed by atoms with Crippen LogP contribution in [0.4, 0.5) is 4.39 Å². The Labute approximate surface area is 115 Å². The maximum absolute atomic E-state index is 15.1. The lowest BCUT2D eigenvalue weighted by molar-refractivity contribution is -0.0242. The monoisotopic (exact) mass is 295 g/mol. The second-order valence-electron chi connectivity index (χ2n) is 5.67. The summed E-state index contributed by atoms with van der Waals surface area (Å²) in [6.07, 6.45) is 4.74. The molecule has 3 unspecified atom stereocenters. The van der Waals surface area contributed by atoms with Crippen LogP contribution in [-0.4, -0.2) is 45.9 Å². The first kappa shape index (κ1) is 16.9. The van der Waals surface area contributed by atoms with Crippen molar-refractivity contribution in [2.75, 3.05) is 26.5 Å². The molecule has 0 heterocycles. The van der Waals surface area contributed by atoms with E-state index in [0.29, 0.717) is 32.2 Å². The molecule has 1 rings (SSSR count). The van der Waals surface area contributed by atoms with Crippen molar-refractivity contribution in [3.8, 4) is 0 Å². The average Bonchev–Trinajstić information content (AvgIpc) is 2.36. The fraction of sp³-hybridized carbons (Fsp3) is 1.00. The summed E-state index contributed by atoms with van der Waals surface area (Å²) in [4.78, 5) is 0. The Morgan fingerprint density at radius 2 is 2.11 bits per heavy atom. The molecule has 0 radical (unpaired) electrons. The zero-order chi connectivity index (χ0) is 14.5. The molecule has 1 aliphatic carbocycles. The van der Waals surface area contributed by atoms with Crippen LogP contribution in [-0.2, 0) is 14.6 Å². The van der Waals surface area contributed by atoms with Crippen molar-refractivity contribution in [3.63, 3.8) is 0 Å². The standard InChI is InChI=1S/C13H26FNO3S/c1-18-10-13(14,7-4-8-15)11-5-3-6-12(9-11)19(2,16)17/h11-12H,3-10,15H2,1-2H3. The maximum atomic E-state index is 15.1. The van der Waals surface area contributed by atoms with E-state index in [1.54, 1.807) is 0 Å². The third-order valence-electron chi connectivity index (χ3n) is 4.14. The molecule has 0 aromatic rings. The number of sulfone groups is 1. The first-order chi connectivity index (χ1) is 8.83. The van der Waals surface area contributed by atoms with E-state index in [2.05, 4.69) is 0 Å². The van der Waals surface area contributed by atoms with E-state index in [4.69, 9.17) is 10.5 Å². The normalized spacial score (nSPS) is 28.0. The molecular weight excluding hydrogens is 269 g/mol. The van der Waals surface area contributed by atoms with Crippen LogP contribution in [0.15, 0.2) is 0 Å². The van der Waals surface area contributed by atoms with Crippen molar-refractivity contribution in [2.24, 2.45) is 11.7 Å². The fourth-order valence-electron chi connectivity index (χ4n) is 3.03. The minimum Gasteiger partial charge on any atom is -0.381 e. The molecule has 0 amide bonds. The molecule has 6 heteroatoms. The summed E-state index contributed by atoms with van der Waals surface area (Å²) in [7, 11) is -1.61. The lowest BCUT2D eigenvalue weighted by Crippen LogP contribution is -2.43. The van der Waals surface area contributed by atoms with Crippen LogP contribution in [0.2, 0.25) is 0 Å². The summed E-state index contributed by atoms with van der Waals surface area (Å²) < 4.78 is 43.4. The van der Waals surface area contributed by atoms with Crippen molar-refractivity contribution in [1.82, 2.24) is 0 Å². The Morgan fingerprint density at radius 1 is 1.42 bits per heavy atom. The summed E-state index contributed by atoms with van der Waals surface area (Å²) >= 11 is 0. The summed E-state index contributed by atoms with van der Waals surface area (Å²) in [5.41, 5.74) is 4.01. The molecule has 0 bridgehead atoms. The van der Waals surface area contributed by atoms with Crippen LogP contribution in [0.3, 0.4) is 0 Å². The second-order valence-corrected chi connectivity index (χ2v) is 8.00. The number of nitrogens with two attached hydrogens (primary N) is 1. The summed E-state index contributed by atoms with van der Waals surface area (Å²) in [5.74, 6) is -0.243. The molecular formula is C13H26FNO3S. The Balaban J connectivity index is 2.78. The number of halogens is 1.